The molecule has 0 aromatic heterocycles. The number of hydrogen-bond donors (Lipinski definition) is 0. The predicted octanol–water partition coefficient (Wildman–Crippen LogP) is 3.74. The lowest BCUT2D eigenvalue weighted by Crippen LogP contribution is -2.18. The molecule has 2 nitrogen and oxygen atoms in total. The molecular formula is C14H19NO. The van der Waals surface area contributed by atoms with E-state index in [1.807, 2.05) is 26.0 Å². The molecule has 0 fully saturated rings. The molecule has 86 valence electrons. The minimum absolute atomic E-state index is 0.421. The lowest BCUT2D eigenvalue weighted by atomic mass is 9.97. The number of nitrogens with zero attached hydrogens (tertiary/aromatic N) is 1. The molecule has 0 unspecified atom stereocenters. The third-order valence-corrected chi connectivity index (χ3v) is 2.45. The van der Waals surface area contributed by atoms with Crippen LogP contribution in [0.5, 0.6) is 5.75 Å². The molecule has 1 aromatic carbocycles. The fraction of sp³-hybridized carbons (Fsp3) is 0.500. The SMILES string of the molecule is CC(C)c1ccc(OCC(C)(C)C#N)cc1. The second kappa shape index (κ2) is 5.03. The molecule has 1 rings (SSSR count). The molecule has 0 N–H and O–H groups in total. The highest BCUT2D eigenvalue weighted by molar-refractivity contribution is 5.29. The Hall–Kier alpha value is -1.49. The van der Waals surface area contributed by atoms with E-state index in [-0.39, 0.29) is 0 Å². The van der Waals surface area contributed by atoms with Gasteiger partial charge >= 0.3 is 0 Å². The zero-order valence-electron chi connectivity index (χ0n) is 10.4. The van der Waals surface area contributed by atoms with Gasteiger partial charge in [-0.2, -0.15) is 5.26 Å². The first-order valence-electron chi connectivity index (χ1n) is 5.58. The van der Waals surface area contributed by atoms with Crippen molar-refractivity contribution < 1.29 is 4.74 Å². The largest absolute Gasteiger partial charge is 0.492 e. The Labute approximate surface area is 97.9 Å². The van der Waals surface area contributed by atoms with Crippen molar-refractivity contribution in [3.63, 3.8) is 0 Å². The van der Waals surface area contributed by atoms with E-state index >= 15 is 0 Å². The smallest absolute Gasteiger partial charge is 0.119 e. The van der Waals surface area contributed by atoms with Gasteiger partial charge in [-0.1, -0.05) is 26.0 Å². The van der Waals surface area contributed by atoms with Crippen molar-refractivity contribution >= 4 is 0 Å². The molecule has 0 spiro atoms. The van der Waals surface area contributed by atoms with Crippen LogP contribution in [-0.4, -0.2) is 6.61 Å². The highest BCUT2D eigenvalue weighted by Crippen LogP contribution is 2.21. The number of benzene rings is 1. The Morgan fingerprint density at radius 3 is 2.25 bits per heavy atom. The van der Waals surface area contributed by atoms with Crippen LogP contribution in [0.1, 0.15) is 39.2 Å². The number of nitriles is 1. The van der Waals surface area contributed by atoms with Gasteiger partial charge in [-0.15, -0.1) is 0 Å². The number of hydrogen-bond acceptors (Lipinski definition) is 2. The molecule has 0 saturated carbocycles. The number of ether oxygens (including phenoxy) is 1. The molecule has 0 saturated heterocycles. The quantitative estimate of drug-likeness (QED) is 0.769. The van der Waals surface area contributed by atoms with Gasteiger partial charge in [-0.25, -0.2) is 0 Å². The topological polar surface area (TPSA) is 33.0 Å². The summed E-state index contributed by atoms with van der Waals surface area (Å²) in [4.78, 5) is 0. The molecule has 0 atom stereocenters. The van der Waals surface area contributed by atoms with Crippen LogP contribution in [0.3, 0.4) is 0 Å². The molecule has 16 heavy (non-hydrogen) atoms. The Bertz CT molecular complexity index is 371. The van der Waals surface area contributed by atoms with Gasteiger partial charge in [0, 0.05) is 0 Å². The van der Waals surface area contributed by atoms with E-state index in [0.29, 0.717) is 12.5 Å². The maximum Gasteiger partial charge on any atom is 0.119 e. The highest BCUT2D eigenvalue weighted by atomic mass is 16.5. The first-order valence-corrected chi connectivity index (χ1v) is 5.58. The fourth-order valence-corrected chi connectivity index (χ4v) is 1.24. The summed E-state index contributed by atoms with van der Waals surface area (Å²) in [6, 6.07) is 10.3. The molecule has 0 amide bonds. The molecule has 1 aromatic rings. The van der Waals surface area contributed by atoms with Crippen molar-refractivity contribution in [2.75, 3.05) is 6.61 Å². The van der Waals surface area contributed by atoms with E-state index in [1.54, 1.807) is 0 Å². The molecule has 2 heteroatoms. The monoisotopic (exact) mass is 217 g/mol. The molecule has 0 aliphatic heterocycles. The summed E-state index contributed by atoms with van der Waals surface area (Å²) in [6.45, 7) is 8.48. The van der Waals surface area contributed by atoms with Crippen molar-refractivity contribution in [3.8, 4) is 11.8 Å². The maximum absolute atomic E-state index is 8.86. The summed E-state index contributed by atoms with van der Waals surface area (Å²) in [5.41, 5.74) is 0.864. The van der Waals surface area contributed by atoms with E-state index in [2.05, 4.69) is 32.0 Å². The Balaban J connectivity index is 2.60. The van der Waals surface area contributed by atoms with Gasteiger partial charge in [-0.3, -0.25) is 0 Å². The average molecular weight is 217 g/mol. The lowest BCUT2D eigenvalue weighted by molar-refractivity contribution is 0.227. The average Bonchev–Trinajstić information content (AvgIpc) is 2.27. The van der Waals surface area contributed by atoms with Crippen molar-refractivity contribution in [2.45, 2.75) is 33.6 Å². The Kier molecular flexibility index (Phi) is 3.95. The van der Waals surface area contributed by atoms with Crippen LogP contribution in [0.15, 0.2) is 24.3 Å². The van der Waals surface area contributed by atoms with Crippen molar-refractivity contribution in [3.05, 3.63) is 29.8 Å². The maximum atomic E-state index is 8.86. The normalized spacial score (nSPS) is 11.2. The van der Waals surface area contributed by atoms with E-state index < -0.39 is 5.41 Å². The molecule has 0 heterocycles. The van der Waals surface area contributed by atoms with E-state index in [0.717, 1.165) is 5.75 Å². The van der Waals surface area contributed by atoms with Crippen molar-refractivity contribution in [1.29, 1.82) is 5.26 Å². The van der Waals surface area contributed by atoms with E-state index in [1.165, 1.54) is 5.56 Å². The van der Waals surface area contributed by atoms with Crippen molar-refractivity contribution in [2.24, 2.45) is 5.41 Å². The Morgan fingerprint density at radius 2 is 1.81 bits per heavy atom. The van der Waals surface area contributed by atoms with E-state index in [4.69, 9.17) is 10.00 Å². The summed E-state index contributed by atoms with van der Waals surface area (Å²) in [5.74, 6) is 1.36. The predicted molar refractivity (Wildman–Crippen MR) is 65.4 cm³/mol. The first kappa shape index (κ1) is 12.6. The second-order valence-electron chi connectivity index (χ2n) is 5.01. The molecule has 0 radical (unpaired) electrons. The van der Waals surface area contributed by atoms with Gasteiger partial charge in [0.2, 0.25) is 0 Å². The van der Waals surface area contributed by atoms with Crippen LogP contribution in [0, 0.1) is 16.7 Å². The minimum atomic E-state index is -0.434. The first-order chi connectivity index (χ1) is 7.44. The Morgan fingerprint density at radius 1 is 1.25 bits per heavy atom. The summed E-state index contributed by atoms with van der Waals surface area (Å²) < 4.78 is 5.57. The van der Waals surface area contributed by atoms with Crippen LogP contribution >= 0.6 is 0 Å². The van der Waals surface area contributed by atoms with Crippen LogP contribution in [0.4, 0.5) is 0 Å². The summed E-state index contributed by atoms with van der Waals surface area (Å²) >= 11 is 0. The molecule has 0 bridgehead atoms. The van der Waals surface area contributed by atoms with Gasteiger partial charge in [0.05, 0.1) is 11.5 Å². The summed E-state index contributed by atoms with van der Waals surface area (Å²) in [6.07, 6.45) is 0. The van der Waals surface area contributed by atoms with E-state index in [9.17, 15) is 0 Å². The van der Waals surface area contributed by atoms with Gasteiger partial charge < -0.3 is 4.74 Å². The van der Waals surface area contributed by atoms with Crippen LogP contribution < -0.4 is 4.74 Å². The minimum Gasteiger partial charge on any atom is -0.492 e. The van der Waals surface area contributed by atoms with Gasteiger partial charge in [0.1, 0.15) is 12.4 Å². The third kappa shape index (κ3) is 3.58. The molecule has 0 aliphatic carbocycles. The standard InChI is InChI=1S/C14H19NO/c1-11(2)12-5-7-13(8-6-12)16-10-14(3,4)9-15/h5-8,11H,10H2,1-4H3. The van der Waals surface area contributed by atoms with Crippen LogP contribution in [0.25, 0.3) is 0 Å². The highest BCUT2D eigenvalue weighted by Gasteiger charge is 2.17. The van der Waals surface area contributed by atoms with Gasteiger partial charge in [-0.05, 0) is 37.5 Å². The zero-order valence-corrected chi connectivity index (χ0v) is 10.4. The second-order valence-corrected chi connectivity index (χ2v) is 5.01. The summed E-state index contributed by atoms with van der Waals surface area (Å²) in [7, 11) is 0. The van der Waals surface area contributed by atoms with Crippen molar-refractivity contribution in [1.82, 2.24) is 0 Å². The summed E-state index contributed by atoms with van der Waals surface area (Å²) in [5, 5.41) is 8.86. The molecule has 0 aliphatic rings. The van der Waals surface area contributed by atoms with Crippen LogP contribution in [-0.2, 0) is 0 Å². The fourth-order valence-electron chi connectivity index (χ4n) is 1.24. The zero-order chi connectivity index (χ0) is 12.2. The van der Waals surface area contributed by atoms with Crippen LogP contribution in [0.2, 0.25) is 0 Å². The lowest BCUT2D eigenvalue weighted by Gasteiger charge is -2.16. The molecular weight excluding hydrogens is 198 g/mol. The number of rotatable bonds is 4. The third-order valence-electron chi connectivity index (χ3n) is 2.45. The van der Waals surface area contributed by atoms with Gasteiger partial charge in [0.15, 0.2) is 0 Å². The van der Waals surface area contributed by atoms with Gasteiger partial charge in [0.25, 0.3) is 0 Å².